The van der Waals surface area contributed by atoms with Gasteiger partial charge in [0, 0.05) is 18.1 Å². The highest BCUT2D eigenvalue weighted by Gasteiger charge is 2.32. The molecule has 0 amide bonds. The van der Waals surface area contributed by atoms with Gasteiger partial charge in [-0.1, -0.05) is 20.8 Å². The van der Waals surface area contributed by atoms with Crippen molar-refractivity contribution in [3.05, 3.63) is 0 Å². The molecule has 0 aromatic carbocycles. The van der Waals surface area contributed by atoms with Gasteiger partial charge in [0.2, 0.25) is 0 Å². The number of hydrogen-bond donors (Lipinski definition) is 1. The molecule has 1 aliphatic rings. The van der Waals surface area contributed by atoms with E-state index in [1.807, 2.05) is 0 Å². The normalized spacial score (nSPS) is 25.5. The Kier molecular flexibility index (Phi) is 4.42. The molecule has 0 aliphatic carbocycles. The van der Waals surface area contributed by atoms with Gasteiger partial charge in [0.25, 0.3) is 0 Å². The second-order valence-corrected chi connectivity index (χ2v) is 7.20. The summed E-state index contributed by atoms with van der Waals surface area (Å²) in [6, 6.07) is 0.627. The third kappa shape index (κ3) is 4.42. The second-order valence-electron chi connectivity index (χ2n) is 7.20. The molecule has 0 saturated carbocycles. The summed E-state index contributed by atoms with van der Waals surface area (Å²) in [5.41, 5.74) is 0.727. The van der Waals surface area contributed by atoms with Crippen LogP contribution in [0.4, 0.5) is 0 Å². The Morgan fingerprint density at radius 1 is 1.19 bits per heavy atom. The van der Waals surface area contributed by atoms with Gasteiger partial charge < -0.3 is 5.32 Å². The average molecular weight is 226 g/mol. The monoisotopic (exact) mass is 226 g/mol. The lowest BCUT2D eigenvalue weighted by atomic mass is 9.80. The Balaban J connectivity index is 2.65. The van der Waals surface area contributed by atoms with Crippen LogP contribution < -0.4 is 5.32 Å². The van der Waals surface area contributed by atoms with Crippen molar-refractivity contribution in [3.63, 3.8) is 0 Å². The van der Waals surface area contributed by atoms with Gasteiger partial charge in [-0.2, -0.15) is 0 Å². The molecule has 0 aromatic rings. The summed E-state index contributed by atoms with van der Waals surface area (Å²) in [4.78, 5) is 2.67. The van der Waals surface area contributed by atoms with Gasteiger partial charge in [-0.3, -0.25) is 4.90 Å². The van der Waals surface area contributed by atoms with Crippen LogP contribution in [0, 0.1) is 5.41 Å². The van der Waals surface area contributed by atoms with Crippen LogP contribution in [0.15, 0.2) is 0 Å². The molecule has 1 N–H and O–H groups in total. The maximum Gasteiger partial charge on any atom is 0.0166 e. The van der Waals surface area contributed by atoms with E-state index in [0.29, 0.717) is 17.0 Å². The Bertz CT molecular complexity index is 215. The molecule has 0 radical (unpaired) electrons. The Hall–Kier alpha value is -0.0800. The van der Waals surface area contributed by atoms with Crippen molar-refractivity contribution in [1.29, 1.82) is 0 Å². The number of rotatable bonds is 2. The van der Waals surface area contributed by atoms with Crippen LogP contribution in [0.1, 0.15) is 54.4 Å². The standard InChI is InChI=1S/C14H30N2/c1-12-10-16(9-7-8-15-12)14(5,6)11-13(2,3)4/h12,15H,7-11H2,1-6H3. The van der Waals surface area contributed by atoms with Gasteiger partial charge in [-0.05, 0) is 52.1 Å². The molecule has 0 spiro atoms. The molecule has 1 rings (SSSR count). The zero-order valence-electron chi connectivity index (χ0n) is 12.1. The zero-order valence-corrected chi connectivity index (χ0v) is 12.1. The Morgan fingerprint density at radius 2 is 1.81 bits per heavy atom. The lowest BCUT2D eigenvalue weighted by Crippen LogP contribution is -2.49. The minimum Gasteiger partial charge on any atom is -0.313 e. The fourth-order valence-electron chi connectivity index (χ4n) is 3.06. The van der Waals surface area contributed by atoms with E-state index in [0.717, 1.165) is 0 Å². The molecule has 0 aromatic heterocycles. The fraction of sp³-hybridized carbons (Fsp3) is 1.00. The van der Waals surface area contributed by atoms with Gasteiger partial charge in [0.05, 0.1) is 0 Å². The van der Waals surface area contributed by atoms with E-state index in [1.165, 1.54) is 32.5 Å². The predicted octanol–water partition coefficient (Wildman–Crippen LogP) is 2.89. The quantitative estimate of drug-likeness (QED) is 0.779. The summed E-state index contributed by atoms with van der Waals surface area (Å²) in [6.45, 7) is 17.7. The number of nitrogens with one attached hydrogen (secondary N) is 1. The molecule has 16 heavy (non-hydrogen) atoms. The Morgan fingerprint density at radius 3 is 2.38 bits per heavy atom. The van der Waals surface area contributed by atoms with Crippen molar-refractivity contribution < 1.29 is 0 Å². The van der Waals surface area contributed by atoms with Crippen molar-refractivity contribution in [2.75, 3.05) is 19.6 Å². The largest absolute Gasteiger partial charge is 0.313 e. The van der Waals surface area contributed by atoms with Crippen molar-refractivity contribution in [2.24, 2.45) is 5.41 Å². The molecule has 0 bridgehead atoms. The highest BCUT2D eigenvalue weighted by Crippen LogP contribution is 2.31. The number of nitrogens with zero attached hydrogens (tertiary/aromatic N) is 1. The molecule has 1 heterocycles. The first-order valence-corrected chi connectivity index (χ1v) is 6.69. The molecule has 2 heteroatoms. The molecule has 1 fully saturated rings. The summed E-state index contributed by atoms with van der Waals surface area (Å²) in [6.07, 6.45) is 2.53. The van der Waals surface area contributed by atoms with E-state index in [9.17, 15) is 0 Å². The summed E-state index contributed by atoms with van der Waals surface area (Å²) in [7, 11) is 0. The number of hydrogen-bond acceptors (Lipinski definition) is 2. The fourth-order valence-corrected chi connectivity index (χ4v) is 3.06. The molecule has 96 valence electrons. The summed E-state index contributed by atoms with van der Waals surface area (Å²) < 4.78 is 0. The molecular formula is C14H30N2. The van der Waals surface area contributed by atoms with E-state index in [2.05, 4.69) is 51.8 Å². The van der Waals surface area contributed by atoms with Crippen LogP contribution in [0.5, 0.6) is 0 Å². The first-order chi connectivity index (χ1) is 7.21. The molecule has 1 atom stereocenters. The van der Waals surface area contributed by atoms with E-state index in [4.69, 9.17) is 0 Å². The topological polar surface area (TPSA) is 15.3 Å². The molecular weight excluding hydrogens is 196 g/mol. The molecule has 1 unspecified atom stereocenters. The second kappa shape index (κ2) is 5.05. The molecule has 1 saturated heterocycles. The highest BCUT2D eigenvalue weighted by molar-refractivity contribution is 4.89. The first-order valence-electron chi connectivity index (χ1n) is 6.69. The van der Waals surface area contributed by atoms with Gasteiger partial charge in [-0.25, -0.2) is 0 Å². The van der Waals surface area contributed by atoms with E-state index in [1.54, 1.807) is 0 Å². The maximum atomic E-state index is 3.57. The van der Waals surface area contributed by atoms with E-state index >= 15 is 0 Å². The summed E-state index contributed by atoms with van der Waals surface area (Å²) in [5.74, 6) is 0. The van der Waals surface area contributed by atoms with Gasteiger partial charge in [0.15, 0.2) is 0 Å². The van der Waals surface area contributed by atoms with Crippen molar-refractivity contribution in [1.82, 2.24) is 10.2 Å². The van der Waals surface area contributed by atoms with E-state index < -0.39 is 0 Å². The Labute approximate surface area is 102 Å². The summed E-state index contributed by atoms with van der Waals surface area (Å²) in [5, 5.41) is 3.57. The van der Waals surface area contributed by atoms with E-state index in [-0.39, 0.29) is 0 Å². The predicted molar refractivity (Wildman–Crippen MR) is 71.8 cm³/mol. The smallest absolute Gasteiger partial charge is 0.0166 e. The van der Waals surface area contributed by atoms with Crippen LogP contribution in [0.25, 0.3) is 0 Å². The van der Waals surface area contributed by atoms with Crippen LogP contribution >= 0.6 is 0 Å². The minimum absolute atomic E-state index is 0.318. The van der Waals surface area contributed by atoms with Gasteiger partial charge in [-0.15, -0.1) is 0 Å². The highest BCUT2D eigenvalue weighted by atomic mass is 15.2. The van der Waals surface area contributed by atoms with Crippen LogP contribution in [0.3, 0.4) is 0 Å². The summed E-state index contributed by atoms with van der Waals surface area (Å²) >= 11 is 0. The van der Waals surface area contributed by atoms with Gasteiger partial charge >= 0.3 is 0 Å². The lowest BCUT2D eigenvalue weighted by molar-refractivity contribution is 0.0769. The SMILES string of the molecule is CC1CN(C(C)(C)CC(C)(C)C)CCCN1. The maximum absolute atomic E-state index is 3.57. The van der Waals surface area contributed by atoms with Crippen molar-refractivity contribution >= 4 is 0 Å². The molecule has 2 nitrogen and oxygen atoms in total. The molecule has 1 aliphatic heterocycles. The van der Waals surface area contributed by atoms with Crippen molar-refractivity contribution in [2.45, 2.75) is 66.0 Å². The minimum atomic E-state index is 0.318. The van der Waals surface area contributed by atoms with Crippen LogP contribution in [-0.2, 0) is 0 Å². The van der Waals surface area contributed by atoms with Gasteiger partial charge in [0.1, 0.15) is 0 Å². The van der Waals surface area contributed by atoms with Crippen LogP contribution in [0.2, 0.25) is 0 Å². The third-order valence-corrected chi connectivity index (χ3v) is 3.41. The van der Waals surface area contributed by atoms with Crippen molar-refractivity contribution in [3.8, 4) is 0 Å². The first kappa shape index (κ1) is 14.0. The van der Waals surface area contributed by atoms with Crippen LogP contribution in [-0.4, -0.2) is 36.1 Å². The zero-order chi connectivity index (χ0) is 12.4. The third-order valence-electron chi connectivity index (χ3n) is 3.41. The lowest BCUT2D eigenvalue weighted by Gasteiger charge is -2.42. The average Bonchev–Trinajstić information content (AvgIpc) is 2.25.